The Hall–Kier alpha value is -3.05. The third kappa shape index (κ3) is 2.32. The molecule has 0 bridgehead atoms. The fraction of sp³-hybridized carbons (Fsp3) is 0.267. The summed E-state index contributed by atoms with van der Waals surface area (Å²) in [4.78, 5) is 4.74. The molecule has 4 aromatic rings. The minimum Gasteiger partial charge on any atom is -0.367 e. The molecule has 1 aliphatic heterocycles. The first kappa shape index (κ1) is 15.2. The summed E-state index contributed by atoms with van der Waals surface area (Å²) in [7, 11) is 1.91. The Morgan fingerprint density at radius 2 is 2.23 bits per heavy atom. The highest BCUT2D eigenvalue weighted by Crippen LogP contribution is 2.36. The second-order valence-corrected chi connectivity index (χ2v) is 7.12. The van der Waals surface area contributed by atoms with Crippen LogP contribution in [0.15, 0.2) is 23.6 Å². The van der Waals surface area contributed by atoms with Gasteiger partial charge in [-0.2, -0.15) is 10.2 Å². The Labute approximate surface area is 151 Å². The molecular weight excluding hydrogens is 354 g/mol. The fourth-order valence-corrected chi connectivity index (χ4v) is 4.29. The standard InChI is InChI=1S/C15H15N9OS/c1-23-12-10(6-18-24(15(12)25)7-9-5-17-22-21-9)13-14(23)19-11(26-13)4-8-2-3-16-20-8/h2-3,5-6,15,25H,4,7H2,1H3,(H,16,20)(H,17,21,22)/t15-/m0/s1. The molecule has 0 radical (unpaired) electrons. The van der Waals surface area contributed by atoms with Crippen molar-refractivity contribution < 1.29 is 5.11 Å². The molecule has 0 amide bonds. The van der Waals surface area contributed by atoms with Gasteiger partial charge in [-0.25, -0.2) is 4.98 Å². The summed E-state index contributed by atoms with van der Waals surface area (Å²) in [6.07, 6.45) is 5.07. The van der Waals surface area contributed by atoms with Gasteiger partial charge in [0.05, 0.1) is 28.8 Å². The normalized spacial score (nSPS) is 16.5. The van der Waals surface area contributed by atoms with E-state index in [1.54, 1.807) is 35.0 Å². The van der Waals surface area contributed by atoms with Gasteiger partial charge >= 0.3 is 0 Å². The number of nitrogens with zero attached hydrogens (tertiary/aromatic N) is 7. The predicted octanol–water partition coefficient (Wildman–Crippen LogP) is 0.907. The van der Waals surface area contributed by atoms with E-state index in [0.717, 1.165) is 32.3 Å². The van der Waals surface area contributed by atoms with Crippen LogP contribution in [0.1, 0.15) is 33.9 Å². The van der Waals surface area contributed by atoms with Gasteiger partial charge in [0, 0.05) is 31.4 Å². The second kappa shape index (κ2) is 5.75. The molecule has 0 aliphatic carbocycles. The van der Waals surface area contributed by atoms with E-state index < -0.39 is 6.23 Å². The smallest absolute Gasteiger partial charge is 0.184 e. The number of fused-ring (bicyclic) bond motifs is 3. The first-order chi connectivity index (χ1) is 12.7. The topological polar surface area (TPSA) is 124 Å². The summed E-state index contributed by atoms with van der Waals surface area (Å²) in [5.41, 5.74) is 4.20. The highest BCUT2D eigenvalue weighted by Gasteiger charge is 2.30. The van der Waals surface area contributed by atoms with Crippen LogP contribution in [0.25, 0.3) is 10.3 Å². The number of nitrogens with one attached hydrogen (secondary N) is 2. The average molecular weight is 369 g/mol. The lowest BCUT2D eigenvalue weighted by Gasteiger charge is -2.28. The Kier molecular flexibility index (Phi) is 3.36. The summed E-state index contributed by atoms with van der Waals surface area (Å²) in [5, 5.41) is 35.0. The Balaban J connectivity index is 1.50. The predicted molar refractivity (Wildman–Crippen MR) is 94.5 cm³/mol. The highest BCUT2D eigenvalue weighted by atomic mass is 32.1. The summed E-state index contributed by atoms with van der Waals surface area (Å²) in [6, 6.07) is 1.94. The molecule has 0 saturated carbocycles. The van der Waals surface area contributed by atoms with Gasteiger partial charge in [-0.1, -0.05) is 5.21 Å². The van der Waals surface area contributed by atoms with Crippen molar-refractivity contribution in [3.63, 3.8) is 0 Å². The van der Waals surface area contributed by atoms with E-state index in [2.05, 4.69) is 30.7 Å². The second-order valence-electron chi connectivity index (χ2n) is 6.04. The Morgan fingerprint density at radius 3 is 3.00 bits per heavy atom. The summed E-state index contributed by atoms with van der Waals surface area (Å²) in [5.74, 6) is 0. The lowest BCUT2D eigenvalue weighted by molar-refractivity contribution is -0.0107. The number of aliphatic hydroxyl groups excluding tert-OH is 1. The molecule has 0 spiro atoms. The van der Waals surface area contributed by atoms with Crippen molar-refractivity contribution >= 4 is 27.9 Å². The van der Waals surface area contributed by atoms with Gasteiger partial charge in [-0.3, -0.25) is 15.2 Å². The van der Waals surface area contributed by atoms with Gasteiger partial charge in [0.25, 0.3) is 0 Å². The zero-order valence-corrected chi connectivity index (χ0v) is 14.6. The third-order valence-corrected chi connectivity index (χ3v) is 5.48. The van der Waals surface area contributed by atoms with Crippen LogP contribution in [-0.2, 0) is 20.0 Å². The number of aliphatic hydroxyl groups is 1. The van der Waals surface area contributed by atoms with Gasteiger partial charge in [-0.05, 0) is 6.07 Å². The SMILES string of the molecule is Cn1c2c(c3sc(Cc4cc[nH]n4)nc31)C=NN(Cc1c[nH]nn1)[C@H]2O. The lowest BCUT2D eigenvalue weighted by atomic mass is 10.2. The molecule has 0 fully saturated rings. The van der Waals surface area contributed by atoms with Crippen molar-refractivity contribution in [3.8, 4) is 0 Å². The molecule has 1 atom stereocenters. The van der Waals surface area contributed by atoms with Crippen LogP contribution in [0.2, 0.25) is 0 Å². The molecule has 5 rings (SSSR count). The van der Waals surface area contributed by atoms with E-state index in [-0.39, 0.29) is 0 Å². The van der Waals surface area contributed by atoms with Crippen LogP contribution in [0, 0.1) is 0 Å². The molecule has 132 valence electrons. The van der Waals surface area contributed by atoms with Crippen LogP contribution in [-0.4, -0.2) is 51.5 Å². The van der Waals surface area contributed by atoms with E-state index in [0.29, 0.717) is 18.7 Å². The summed E-state index contributed by atoms with van der Waals surface area (Å²) >= 11 is 1.61. The van der Waals surface area contributed by atoms with Gasteiger partial charge < -0.3 is 9.67 Å². The molecule has 1 aliphatic rings. The van der Waals surface area contributed by atoms with Crippen LogP contribution >= 0.6 is 11.3 Å². The maximum absolute atomic E-state index is 10.8. The number of aryl methyl sites for hydroxylation is 1. The molecule has 3 N–H and O–H groups in total. The molecule has 0 saturated heterocycles. The molecule has 0 unspecified atom stereocenters. The zero-order valence-electron chi connectivity index (χ0n) is 13.8. The number of aromatic nitrogens is 7. The van der Waals surface area contributed by atoms with E-state index in [9.17, 15) is 5.11 Å². The monoisotopic (exact) mass is 369 g/mol. The van der Waals surface area contributed by atoms with Crippen molar-refractivity contribution in [1.29, 1.82) is 0 Å². The lowest BCUT2D eigenvalue weighted by Crippen LogP contribution is -2.29. The van der Waals surface area contributed by atoms with Crippen molar-refractivity contribution in [3.05, 3.63) is 46.1 Å². The maximum atomic E-state index is 10.8. The number of aromatic amines is 2. The van der Waals surface area contributed by atoms with Crippen LogP contribution in [0.5, 0.6) is 0 Å². The number of rotatable bonds is 4. The highest BCUT2D eigenvalue weighted by molar-refractivity contribution is 7.19. The van der Waals surface area contributed by atoms with Crippen molar-refractivity contribution in [1.82, 2.24) is 40.2 Å². The van der Waals surface area contributed by atoms with E-state index >= 15 is 0 Å². The number of H-pyrrole nitrogens is 2. The average Bonchev–Trinajstić information content (AvgIpc) is 3.39. The molecule has 0 aromatic carbocycles. The molecule has 10 nitrogen and oxygen atoms in total. The first-order valence-electron chi connectivity index (χ1n) is 8.01. The van der Waals surface area contributed by atoms with E-state index in [4.69, 9.17) is 4.98 Å². The Morgan fingerprint density at radius 1 is 1.31 bits per heavy atom. The van der Waals surface area contributed by atoms with Gasteiger partial charge in [0.2, 0.25) is 0 Å². The quantitative estimate of drug-likeness (QED) is 0.491. The largest absolute Gasteiger partial charge is 0.367 e. The molecular formula is C15H15N9OS. The van der Waals surface area contributed by atoms with E-state index in [1.807, 2.05) is 17.7 Å². The van der Waals surface area contributed by atoms with Gasteiger partial charge in [0.15, 0.2) is 11.9 Å². The first-order valence-corrected chi connectivity index (χ1v) is 8.83. The maximum Gasteiger partial charge on any atom is 0.184 e. The third-order valence-electron chi connectivity index (χ3n) is 4.40. The summed E-state index contributed by atoms with van der Waals surface area (Å²) in [6.45, 7) is 0.365. The number of hydrazone groups is 1. The van der Waals surface area contributed by atoms with Gasteiger partial charge in [-0.15, -0.1) is 16.4 Å². The Bertz CT molecular complexity index is 1080. The summed E-state index contributed by atoms with van der Waals surface area (Å²) < 4.78 is 2.96. The van der Waals surface area contributed by atoms with Crippen molar-refractivity contribution in [2.45, 2.75) is 19.2 Å². The number of thiazole rings is 1. The van der Waals surface area contributed by atoms with Gasteiger partial charge in [0.1, 0.15) is 10.7 Å². The van der Waals surface area contributed by atoms with Crippen LogP contribution in [0.3, 0.4) is 0 Å². The van der Waals surface area contributed by atoms with Crippen LogP contribution < -0.4 is 0 Å². The molecule has 5 heterocycles. The molecule has 26 heavy (non-hydrogen) atoms. The molecule has 11 heteroatoms. The molecule has 4 aromatic heterocycles. The van der Waals surface area contributed by atoms with Crippen molar-refractivity contribution in [2.75, 3.05) is 0 Å². The van der Waals surface area contributed by atoms with Crippen molar-refractivity contribution in [2.24, 2.45) is 12.1 Å². The minimum absolute atomic E-state index is 0.365. The fourth-order valence-electron chi connectivity index (χ4n) is 3.16. The van der Waals surface area contributed by atoms with E-state index in [1.165, 1.54) is 0 Å². The van der Waals surface area contributed by atoms with Crippen LogP contribution in [0.4, 0.5) is 0 Å². The number of hydrogen-bond acceptors (Lipinski definition) is 8. The minimum atomic E-state index is -0.868. The zero-order chi connectivity index (χ0) is 17.7. The number of hydrogen-bond donors (Lipinski definition) is 3.